The molecule has 0 saturated carbocycles. The number of hydrogen-bond donors (Lipinski definition) is 1. The SMILES string of the molecule is CC[C@H](C(=O)NCCSc1ccc(Cl)cc1)N(c1ccc(C)cc1)S(C)(=O)=O. The first kappa shape index (κ1) is 22.6. The highest BCUT2D eigenvalue weighted by molar-refractivity contribution is 7.99. The first-order chi connectivity index (χ1) is 13.2. The molecule has 2 aromatic carbocycles. The Morgan fingerprint density at radius 3 is 2.29 bits per heavy atom. The van der Waals surface area contributed by atoms with E-state index in [0.717, 1.165) is 16.7 Å². The van der Waals surface area contributed by atoms with Crippen molar-refractivity contribution in [2.75, 3.05) is 22.9 Å². The number of nitrogens with zero attached hydrogens (tertiary/aromatic N) is 1. The maximum atomic E-state index is 12.7. The monoisotopic (exact) mass is 440 g/mol. The smallest absolute Gasteiger partial charge is 0.243 e. The minimum Gasteiger partial charge on any atom is -0.353 e. The molecular formula is C20H25ClN2O3S2. The zero-order chi connectivity index (χ0) is 20.7. The molecule has 28 heavy (non-hydrogen) atoms. The van der Waals surface area contributed by atoms with Gasteiger partial charge in [0.2, 0.25) is 15.9 Å². The highest BCUT2D eigenvalue weighted by atomic mass is 35.5. The molecule has 0 bridgehead atoms. The number of aryl methyl sites for hydroxylation is 1. The molecular weight excluding hydrogens is 416 g/mol. The lowest BCUT2D eigenvalue weighted by atomic mass is 10.1. The number of rotatable bonds is 9. The Morgan fingerprint density at radius 1 is 1.14 bits per heavy atom. The molecule has 0 heterocycles. The zero-order valence-electron chi connectivity index (χ0n) is 16.2. The van der Waals surface area contributed by atoms with Crippen molar-refractivity contribution in [1.82, 2.24) is 5.32 Å². The van der Waals surface area contributed by atoms with Crippen molar-refractivity contribution >= 4 is 45.0 Å². The number of benzene rings is 2. The van der Waals surface area contributed by atoms with E-state index in [0.29, 0.717) is 29.4 Å². The average molecular weight is 441 g/mol. The van der Waals surface area contributed by atoms with Crippen LogP contribution in [0.1, 0.15) is 18.9 Å². The summed E-state index contributed by atoms with van der Waals surface area (Å²) in [6.45, 7) is 4.17. The predicted molar refractivity (Wildman–Crippen MR) is 118 cm³/mol. The predicted octanol–water partition coefficient (Wildman–Crippen LogP) is 4.10. The van der Waals surface area contributed by atoms with Gasteiger partial charge in [0.05, 0.1) is 11.9 Å². The van der Waals surface area contributed by atoms with E-state index in [4.69, 9.17) is 11.6 Å². The van der Waals surface area contributed by atoms with E-state index in [-0.39, 0.29) is 5.91 Å². The van der Waals surface area contributed by atoms with Crippen molar-refractivity contribution in [2.45, 2.75) is 31.2 Å². The Morgan fingerprint density at radius 2 is 1.75 bits per heavy atom. The van der Waals surface area contributed by atoms with Gasteiger partial charge in [-0.05, 0) is 49.7 Å². The fraction of sp³-hybridized carbons (Fsp3) is 0.350. The van der Waals surface area contributed by atoms with E-state index in [9.17, 15) is 13.2 Å². The van der Waals surface area contributed by atoms with Crippen LogP contribution in [0.5, 0.6) is 0 Å². The van der Waals surface area contributed by atoms with Crippen molar-refractivity contribution in [3.63, 3.8) is 0 Å². The molecule has 0 spiro atoms. The second-order valence-corrected chi connectivity index (χ2v) is 9.88. The normalized spacial score (nSPS) is 12.4. The van der Waals surface area contributed by atoms with Crippen LogP contribution in [0.15, 0.2) is 53.4 Å². The van der Waals surface area contributed by atoms with Crippen molar-refractivity contribution in [1.29, 1.82) is 0 Å². The molecule has 1 atom stereocenters. The molecule has 152 valence electrons. The summed E-state index contributed by atoms with van der Waals surface area (Å²) in [6.07, 6.45) is 1.50. The van der Waals surface area contributed by atoms with Gasteiger partial charge in [-0.3, -0.25) is 9.10 Å². The molecule has 0 aliphatic carbocycles. The third kappa shape index (κ3) is 6.43. The van der Waals surface area contributed by atoms with Crippen LogP contribution in [0.3, 0.4) is 0 Å². The fourth-order valence-electron chi connectivity index (χ4n) is 2.74. The van der Waals surface area contributed by atoms with Crippen molar-refractivity contribution < 1.29 is 13.2 Å². The summed E-state index contributed by atoms with van der Waals surface area (Å²) in [4.78, 5) is 13.8. The van der Waals surface area contributed by atoms with Crippen LogP contribution in [0.25, 0.3) is 0 Å². The lowest BCUT2D eigenvalue weighted by molar-refractivity contribution is -0.122. The summed E-state index contributed by atoms with van der Waals surface area (Å²) in [6, 6.07) is 13.8. The van der Waals surface area contributed by atoms with E-state index < -0.39 is 16.1 Å². The molecule has 5 nitrogen and oxygen atoms in total. The van der Waals surface area contributed by atoms with Gasteiger partial charge >= 0.3 is 0 Å². The Kier molecular flexibility index (Phi) is 8.22. The molecule has 0 saturated heterocycles. The number of sulfonamides is 1. The van der Waals surface area contributed by atoms with E-state index in [2.05, 4.69) is 5.32 Å². The summed E-state index contributed by atoms with van der Waals surface area (Å²) >= 11 is 7.47. The summed E-state index contributed by atoms with van der Waals surface area (Å²) in [5.74, 6) is 0.373. The highest BCUT2D eigenvalue weighted by Gasteiger charge is 2.31. The van der Waals surface area contributed by atoms with E-state index in [1.54, 1.807) is 30.8 Å². The van der Waals surface area contributed by atoms with Crippen LogP contribution in [0, 0.1) is 6.92 Å². The lowest BCUT2D eigenvalue weighted by Gasteiger charge is -2.30. The van der Waals surface area contributed by atoms with Crippen LogP contribution in [-0.4, -0.2) is 38.9 Å². The van der Waals surface area contributed by atoms with Gasteiger partial charge in [-0.15, -0.1) is 11.8 Å². The van der Waals surface area contributed by atoms with Crippen molar-refractivity contribution in [3.8, 4) is 0 Å². The number of hydrogen-bond acceptors (Lipinski definition) is 4. The van der Waals surface area contributed by atoms with Gasteiger partial charge in [0.25, 0.3) is 0 Å². The number of carbonyl (C=O) groups is 1. The molecule has 0 aliphatic heterocycles. The van der Waals surface area contributed by atoms with Gasteiger partial charge in [-0.2, -0.15) is 0 Å². The Hall–Kier alpha value is -1.70. The van der Waals surface area contributed by atoms with Gasteiger partial charge in [0.15, 0.2) is 0 Å². The molecule has 0 unspecified atom stereocenters. The van der Waals surface area contributed by atoms with Crippen LogP contribution >= 0.6 is 23.4 Å². The molecule has 1 amide bonds. The summed E-state index contributed by atoms with van der Waals surface area (Å²) < 4.78 is 26.0. The molecule has 0 radical (unpaired) electrons. The topological polar surface area (TPSA) is 66.5 Å². The number of amides is 1. The van der Waals surface area contributed by atoms with Crippen LogP contribution in [0.4, 0.5) is 5.69 Å². The largest absolute Gasteiger partial charge is 0.353 e. The highest BCUT2D eigenvalue weighted by Crippen LogP contribution is 2.23. The quantitative estimate of drug-likeness (QED) is 0.471. The Balaban J connectivity index is 2.02. The number of carbonyl (C=O) groups excluding carboxylic acids is 1. The minimum atomic E-state index is -3.61. The second-order valence-electron chi connectivity index (χ2n) is 6.41. The Labute approximate surface area is 176 Å². The minimum absolute atomic E-state index is 0.301. The van der Waals surface area contributed by atoms with Crippen LogP contribution in [0.2, 0.25) is 5.02 Å². The Bertz CT molecular complexity index is 885. The molecule has 2 aromatic rings. The van der Waals surface area contributed by atoms with Gasteiger partial charge in [0.1, 0.15) is 6.04 Å². The average Bonchev–Trinajstić information content (AvgIpc) is 2.64. The molecule has 0 fully saturated rings. The van der Waals surface area contributed by atoms with E-state index in [1.165, 1.54) is 4.31 Å². The van der Waals surface area contributed by atoms with Crippen molar-refractivity contribution in [3.05, 3.63) is 59.1 Å². The van der Waals surface area contributed by atoms with Gasteiger partial charge in [-0.25, -0.2) is 8.42 Å². The first-order valence-electron chi connectivity index (χ1n) is 8.94. The van der Waals surface area contributed by atoms with Crippen LogP contribution in [-0.2, 0) is 14.8 Å². The van der Waals surface area contributed by atoms with Gasteiger partial charge in [-0.1, -0.05) is 36.2 Å². The molecule has 0 aromatic heterocycles. The first-order valence-corrected chi connectivity index (χ1v) is 12.2. The number of thioether (sulfide) groups is 1. The summed E-state index contributed by atoms with van der Waals surface area (Å²) in [7, 11) is -3.61. The molecule has 8 heteroatoms. The molecule has 2 rings (SSSR count). The van der Waals surface area contributed by atoms with Crippen LogP contribution < -0.4 is 9.62 Å². The number of anilines is 1. The number of halogens is 1. The zero-order valence-corrected chi connectivity index (χ0v) is 18.6. The third-order valence-corrected chi connectivity index (χ3v) is 6.55. The standard InChI is InChI=1S/C20H25ClN2O3S2/c1-4-19(23(28(3,25)26)17-9-5-15(2)6-10-17)20(24)22-13-14-27-18-11-7-16(21)8-12-18/h5-12,19H,4,13-14H2,1-3H3,(H,22,24)/t19-/m1/s1. The fourth-order valence-corrected chi connectivity index (χ4v) is 4.85. The number of nitrogens with one attached hydrogen (secondary N) is 1. The van der Waals surface area contributed by atoms with E-state index >= 15 is 0 Å². The van der Waals surface area contributed by atoms with Gasteiger partial charge < -0.3 is 5.32 Å². The summed E-state index contributed by atoms with van der Waals surface area (Å²) in [5.41, 5.74) is 1.51. The maximum absolute atomic E-state index is 12.7. The van der Waals surface area contributed by atoms with Gasteiger partial charge in [0, 0.05) is 22.2 Å². The van der Waals surface area contributed by atoms with E-state index in [1.807, 2.05) is 43.3 Å². The lowest BCUT2D eigenvalue weighted by Crippen LogP contribution is -2.49. The molecule has 0 aliphatic rings. The molecule has 1 N–H and O–H groups in total. The third-order valence-electron chi connectivity index (χ3n) is 4.10. The second kappa shape index (κ2) is 10.2. The maximum Gasteiger partial charge on any atom is 0.243 e. The summed E-state index contributed by atoms with van der Waals surface area (Å²) in [5, 5.41) is 3.54. The van der Waals surface area contributed by atoms with Crippen molar-refractivity contribution in [2.24, 2.45) is 0 Å².